The zero-order valence-corrected chi connectivity index (χ0v) is 12.9. The van der Waals surface area contributed by atoms with Crippen molar-refractivity contribution in [1.82, 2.24) is 5.32 Å². The molecule has 0 spiro atoms. The minimum atomic E-state index is -0.620. The summed E-state index contributed by atoms with van der Waals surface area (Å²) in [5.74, 6) is -1.49. The van der Waals surface area contributed by atoms with Crippen LogP contribution in [0.3, 0.4) is 0 Å². The molecule has 1 unspecified atom stereocenters. The molecule has 1 amide bonds. The first-order chi connectivity index (χ1) is 11.0. The molecule has 0 aliphatic heterocycles. The van der Waals surface area contributed by atoms with Crippen LogP contribution in [0, 0.1) is 11.6 Å². The number of hydrogen-bond donors (Lipinski definition) is 1. The molecule has 0 heterocycles. The summed E-state index contributed by atoms with van der Waals surface area (Å²) in [6.45, 7) is 2.31. The fraction of sp³-hybridized carbons (Fsp3) is 0.278. The summed E-state index contributed by atoms with van der Waals surface area (Å²) in [5, 5.41) is 2.70. The number of ether oxygens (including phenoxy) is 1. The van der Waals surface area contributed by atoms with Crippen molar-refractivity contribution >= 4 is 5.91 Å². The molecular formula is C18H19F2NO2. The molecule has 0 radical (unpaired) electrons. The highest BCUT2D eigenvalue weighted by atomic mass is 19.1. The van der Waals surface area contributed by atoms with Gasteiger partial charge in [-0.3, -0.25) is 4.79 Å². The summed E-state index contributed by atoms with van der Waals surface area (Å²) in [6, 6.07) is 12.9. The molecule has 23 heavy (non-hydrogen) atoms. The van der Waals surface area contributed by atoms with Gasteiger partial charge in [0.1, 0.15) is 17.7 Å². The van der Waals surface area contributed by atoms with E-state index in [-0.39, 0.29) is 5.91 Å². The second kappa shape index (κ2) is 8.39. The van der Waals surface area contributed by atoms with Gasteiger partial charge in [0, 0.05) is 12.6 Å². The molecule has 2 aromatic rings. The van der Waals surface area contributed by atoms with Crippen molar-refractivity contribution in [3.63, 3.8) is 0 Å². The van der Waals surface area contributed by atoms with Crippen molar-refractivity contribution in [3.8, 4) is 0 Å². The van der Waals surface area contributed by atoms with Gasteiger partial charge in [-0.15, -0.1) is 0 Å². The molecule has 1 atom stereocenters. The van der Waals surface area contributed by atoms with Crippen molar-refractivity contribution < 1.29 is 18.3 Å². The summed E-state index contributed by atoms with van der Waals surface area (Å²) in [4.78, 5) is 11.9. The van der Waals surface area contributed by atoms with Crippen LogP contribution < -0.4 is 5.32 Å². The smallest absolute Gasteiger partial charge is 0.248 e. The lowest BCUT2D eigenvalue weighted by atomic mass is 10.1. The SMILES string of the molecule is CC(OCc1ccccc1)C(=O)NCCc1cc(F)cc(F)c1. The number of hydrogen-bond acceptors (Lipinski definition) is 2. The fourth-order valence-electron chi connectivity index (χ4n) is 2.10. The number of benzene rings is 2. The van der Waals surface area contributed by atoms with Crippen molar-refractivity contribution in [3.05, 3.63) is 71.3 Å². The predicted molar refractivity (Wildman–Crippen MR) is 83.8 cm³/mol. The van der Waals surface area contributed by atoms with Gasteiger partial charge in [-0.25, -0.2) is 8.78 Å². The minimum absolute atomic E-state index is 0.252. The van der Waals surface area contributed by atoms with Crippen LogP contribution >= 0.6 is 0 Å². The summed E-state index contributed by atoms with van der Waals surface area (Å²) in [6.07, 6.45) is -0.245. The van der Waals surface area contributed by atoms with Gasteiger partial charge in [0.2, 0.25) is 5.91 Å². The number of halogens is 2. The molecule has 2 rings (SSSR count). The van der Waals surface area contributed by atoms with Crippen molar-refractivity contribution in [1.29, 1.82) is 0 Å². The van der Waals surface area contributed by atoms with E-state index in [0.29, 0.717) is 25.1 Å². The van der Waals surface area contributed by atoms with Crippen LogP contribution in [0.15, 0.2) is 48.5 Å². The Balaban J connectivity index is 1.73. The van der Waals surface area contributed by atoms with Crippen LogP contribution in [0.25, 0.3) is 0 Å². The number of nitrogens with one attached hydrogen (secondary N) is 1. The van der Waals surface area contributed by atoms with E-state index in [1.54, 1.807) is 6.92 Å². The average Bonchev–Trinajstić information content (AvgIpc) is 2.52. The first-order valence-electron chi connectivity index (χ1n) is 7.43. The maximum atomic E-state index is 13.1. The Bertz CT molecular complexity index is 626. The third-order valence-corrected chi connectivity index (χ3v) is 3.35. The average molecular weight is 319 g/mol. The molecule has 2 aromatic carbocycles. The van der Waals surface area contributed by atoms with Crippen LogP contribution in [-0.4, -0.2) is 18.6 Å². The van der Waals surface area contributed by atoms with Crippen LogP contribution in [0.4, 0.5) is 8.78 Å². The van der Waals surface area contributed by atoms with Gasteiger partial charge in [-0.1, -0.05) is 30.3 Å². The Labute approximate surface area is 134 Å². The first-order valence-corrected chi connectivity index (χ1v) is 7.43. The Kier molecular flexibility index (Phi) is 6.23. The van der Waals surface area contributed by atoms with Crippen molar-refractivity contribution in [2.75, 3.05) is 6.54 Å². The minimum Gasteiger partial charge on any atom is -0.364 e. The molecule has 0 aliphatic carbocycles. The zero-order valence-electron chi connectivity index (χ0n) is 12.9. The van der Waals surface area contributed by atoms with Gasteiger partial charge in [0.25, 0.3) is 0 Å². The summed E-state index contributed by atoms with van der Waals surface area (Å²) < 4.78 is 31.6. The molecule has 122 valence electrons. The largest absolute Gasteiger partial charge is 0.364 e. The van der Waals surface area contributed by atoms with E-state index in [9.17, 15) is 13.6 Å². The van der Waals surface area contributed by atoms with Gasteiger partial charge < -0.3 is 10.1 Å². The monoisotopic (exact) mass is 319 g/mol. The molecule has 0 saturated carbocycles. The van der Waals surface area contributed by atoms with Crippen LogP contribution in [-0.2, 0) is 22.6 Å². The Morgan fingerprint density at radius 3 is 2.39 bits per heavy atom. The van der Waals surface area contributed by atoms with Gasteiger partial charge >= 0.3 is 0 Å². The quantitative estimate of drug-likeness (QED) is 0.851. The van der Waals surface area contributed by atoms with E-state index < -0.39 is 17.7 Å². The van der Waals surface area contributed by atoms with Gasteiger partial charge in [0.15, 0.2) is 0 Å². The van der Waals surface area contributed by atoms with E-state index in [1.807, 2.05) is 30.3 Å². The van der Waals surface area contributed by atoms with E-state index in [2.05, 4.69) is 5.32 Å². The third kappa shape index (κ3) is 5.79. The molecule has 0 aliphatic rings. The number of carbonyl (C=O) groups is 1. The Hall–Kier alpha value is -2.27. The fourth-order valence-corrected chi connectivity index (χ4v) is 2.10. The number of amides is 1. The highest BCUT2D eigenvalue weighted by molar-refractivity contribution is 5.80. The Morgan fingerprint density at radius 2 is 1.74 bits per heavy atom. The highest BCUT2D eigenvalue weighted by Crippen LogP contribution is 2.08. The van der Waals surface area contributed by atoms with Crippen molar-refractivity contribution in [2.24, 2.45) is 0 Å². The normalized spacial score (nSPS) is 12.0. The van der Waals surface area contributed by atoms with Gasteiger partial charge in [0.05, 0.1) is 6.61 Å². The number of carbonyl (C=O) groups excluding carboxylic acids is 1. The van der Waals surface area contributed by atoms with Gasteiger partial charge in [-0.2, -0.15) is 0 Å². The van der Waals surface area contributed by atoms with Crippen LogP contribution in [0.1, 0.15) is 18.1 Å². The summed E-state index contributed by atoms with van der Waals surface area (Å²) >= 11 is 0. The molecule has 0 aromatic heterocycles. The molecule has 0 bridgehead atoms. The summed E-state index contributed by atoms with van der Waals surface area (Å²) in [5.41, 5.74) is 1.49. The molecule has 3 nitrogen and oxygen atoms in total. The highest BCUT2D eigenvalue weighted by Gasteiger charge is 2.12. The molecule has 5 heteroatoms. The van der Waals surface area contributed by atoms with Crippen molar-refractivity contribution in [2.45, 2.75) is 26.1 Å². The van der Waals surface area contributed by atoms with Crippen LogP contribution in [0.5, 0.6) is 0 Å². The first kappa shape index (κ1) is 17.1. The maximum absolute atomic E-state index is 13.1. The van der Waals surface area contributed by atoms with E-state index in [1.165, 1.54) is 12.1 Å². The van der Waals surface area contributed by atoms with E-state index in [0.717, 1.165) is 11.6 Å². The lowest BCUT2D eigenvalue weighted by molar-refractivity contribution is -0.132. The Morgan fingerprint density at radius 1 is 1.09 bits per heavy atom. The molecular weight excluding hydrogens is 300 g/mol. The molecule has 0 fully saturated rings. The maximum Gasteiger partial charge on any atom is 0.248 e. The lowest BCUT2D eigenvalue weighted by Crippen LogP contribution is -2.35. The van der Waals surface area contributed by atoms with E-state index >= 15 is 0 Å². The molecule has 0 saturated heterocycles. The second-order valence-electron chi connectivity index (χ2n) is 5.26. The number of rotatable bonds is 7. The zero-order chi connectivity index (χ0) is 16.7. The van der Waals surface area contributed by atoms with E-state index in [4.69, 9.17) is 4.74 Å². The van der Waals surface area contributed by atoms with Crippen LogP contribution in [0.2, 0.25) is 0 Å². The predicted octanol–water partition coefficient (Wildman–Crippen LogP) is 3.23. The van der Waals surface area contributed by atoms with Gasteiger partial charge in [-0.05, 0) is 36.6 Å². The topological polar surface area (TPSA) is 38.3 Å². The summed E-state index contributed by atoms with van der Waals surface area (Å²) in [7, 11) is 0. The standard InChI is InChI=1S/C18H19F2NO2/c1-13(23-12-14-5-3-2-4-6-14)18(22)21-8-7-15-9-16(19)11-17(20)10-15/h2-6,9-11,13H,7-8,12H2,1H3,(H,21,22). The second-order valence-corrected chi connectivity index (χ2v) is 5.26. The molecule has 1 N–H and O–H groups in total. The lowest BCUT2D eigenvalue weighted by Gasteiger charge is -2.13. The third-order valence-electron chi connectivity index (χ3n) is 3.35.